The Kier molecular flexibility index (Phi) is 7.96. The van der Waals surface area contributed by atoms with Crippen molar-refractivity contribution in [3.8, 4) is 11.5 Å². The number of ether oxygens (including phenoxy) is 2. The van der Waals surface area contributed by atoms with Gasteiger partial charge < -0.3 is 25.0 Å². The molecule has 3 amide bonds. The summed E-state index contributed by atoms with van der Waals surface area (Å²) in [6.07, 6.45) is 1.95. The maximum absolute atomic E-state index is 12.9. The van der Waals surface area contributed by atoms with Crippen LogP contribution >= 0.6 is 0 Å². The number of hydrogen-bond acceptors (Lipinski definition) is 4. The number of amides is 3. The molecule has 2 atom stereocenters. The van der Waals surface area contributed by atoms with Crippen LogP contribution in [0.4, 0.5) is 4.79 Å². The molecule has 0 aromatic heterocycles. The molecule has 1 heterocycles. The Balaban J connectivity index is 2.28. The lowest BCUT2D eigenvalue weighted by molar-refractivity contribution is -0.124. The largest absolute Gasteiger partial charge is 0.497 e. The van der Waals surface area contributed by atoms with Crippen molar-refractivity contribution in [1.29, 1.82) is 0 Å². The van der Waals surface area contributed by atoms with Gasteiger partial charge in [0, 0.05) is 43.2 Å². The number of methoxy groups -OCH3 is 2. The Morgan fingerprint density at radius 1 is 1.21 bits per heavy atom. The number of rotatable bonds is 8. The van der Waals surface area contributed by atoms with E-state index in [4.69, 9.17) is 9.47 Å². The summed E-state index contributed by atoms with van der Waals surface area (Å²) in [4.78, 5) is 27.2. The van der Waals surface area contributed by atoms with Gasteiger partial charge in [-0.15, -0.1) is 0 Å². The fraction of sp³-hybridized carbons (Fsp3) is 0.619. The van der Waals surface area contributed by atoms with E-state index in [1.165, 1.54) is 0 Å². The second kappa shape index (κ2) is 10.2. The first-order valence-corrected chi connectivity index (χ1v) is 9.96. The molecule has 7 nitrogen and oxygen atoms in total. The smallest absolute Gasteiger partial charge is 0.317 e. The summed E-state index contributed by atoms with van der Waals surface area (Å²) in [5, 5.41) is 5.94. The molecule has 1 aliphatic rings. The zero-order chi connectivity index (χ0) is 20.7. The monoisotopic (exact) mass is 391 g/mol. The number of nitrogens with zero attached hydrogens (tertiary/aromatic N) is 1. The molecule has 2 rings (SSSR count). The van der Waals surface area contributed by atoms with Gasteiger partial charge in [0.2, 0.25) is 5.91 Å². The number of carbonyl (C=O) groups is 2. The standard InChI is InChI=1S/C21H33N3O4/c1-6-7-10-22-20(25)18-13-24(21(26)23-14(2)3)12-17(18)16-9-8-15(27-4)11-19(16)28-5/h8-9,11,14,17-18H,6-7,10,12-13H2,1-5H3,(H,22,25)(H,23,26). The topological polar surface area (TPSA) is 79.9 Å². The second-order valence-corrected chi connectivity index (χ2v) is 7.47. The summed E-state index contributed by atoms with van der Waals surface area (Å²) < 4.78 is 10.8. The van der Waals surface area contributed by atoms with Gasteiger partial charge in [0.25, 0.3) is 0 Å². The predicted octanol–water partition coefficient (Wildman–Crippen LogP) is 2.75. The number of hydrogen-bond donors (Lipinski definition) is 2. The third-order valence-corrected chi connectivity index (χ3v) is 5.03. The van der Waals surface area contributed by atoms with Crippen LogP contribution in [0.1, 0.15) is 45.1 Å². The van der Waals surface area contributed by atoms with Crippen LogP contribution in [0.2, 0.25) is 0 Å². The van der Waals surface area contributed by atoms with Crippen molar-refractivity contribution in [2.24, 2.45) is 5.92 Å². The number of likely N-dealkylation sites (tertiary alicyclic amines) is 1. The predicted molar refractivity (Wildman–Crippen MR) is 109 cm³/mol. The van der Waals surface area contributed by atoms with E-state index in [0.29, 0.717) is 31.1 Å². The Hall–Kier alpha value is -2.44. The molecule has 0 aliphatic carbocycles. The Morgan fingerprint density at radius 2 is 1.96 bits per heavy atom. The van der Waals surface area contributed by atoms with Gasteiger partial charge in [0.05, 0.1) is 20.1 Å². The van der Waals surface area contributed by atoms with Gasteiger partial charge in [0.1, 0.15) is 11.5 Å². The van der Waals surface area contributed by atoms with Gasteiger partial charge in [-0.1, -0.05) is 19.4 Å². The molecule has 1 aromatic carbocycles. The van der Waals surface area contributed by atoms with E-state index in [9.17, 15) is 9.59 Å². The first kappa shape index (κ1) is 21.9. The van der Waals surface area contributed by atoms with E-state index in [0.717, 1.165) is 18.4 Å². The molecule has 2 N–H and O–H groups in total. The maximum Gasteiger partial charge on any atom is 0.317 e. The quantitative estimate of drug-likeness (QED) is 0.668. The zero-order valence-electron chi connectivity index (χ0n) is 17.6. The van der Waals surface area contributed by atoms with E-state index in [-0.39, 0.29) is 29.8 Å². The van der Waals surface area contributed by atoms with Crippen molar-refractivity contribution in [2.75, 3.05) is 33.9 Å². The third-order valence-electron chi connectivity index (χ3n) is 5.03. The van der Waals surface area contributed by atoms with Gasteiger partial charge in [0.15, 0.2) is 0 Å². The van der Waals surface area contributed by atoms with E-state index in [2.05, 4.69) is 17.6 Å². The van der Waals surface area contributed by atoms with Crippen LogP contribution in [0.3, 0.4) is 0 Å². The lowest BCUT2D eigenvalue weighted by atomic mass is 9.87. The highest BCUT2D eigenvalue weighted by Crippen LogP contribution is 2.39. The van der Waals surface area contributed by atoms with Crippen molar-refractivity contribution in [1.82, 2.24) is 15.5 Å². The minimum absolute atomic E-state index is 0.0174. The Morgan fingerprint density at radius 3 is 2.57 bits per heavy atom. The van der Waals surface area contributed by atoms with Crippen molar-refractivity contribution in [3.05, 3.63) is 23.8 Å². The van der Waals surface area contributed by atoms with Crippen molar-refractivity contribution in [2.45, 2.75) is 45.6 Å². The Bertz CT molecular complexity index is 678. The number of carbonyl (C=O) groups excluding carboxylic acids is 2. The molecule has 28 heavy (non-hydrogen) atoms. The van der Waals surface area contributed by atoms with Crippen molar-refractivity contribution in [3.63, 3.8) is 0 Å². The van der Waals surface area contributed by atoms with Crippen LogP contribution < -0.4 is 20.1 Å². The third kappa shape index (κ3) is 5.30. The first-order valence-electron chi connectivity index (χ1n) is 9.96. The highest BCUT2D eigenvalue weighted by atomic mass is 16.5. The summed E-state index contributed by atoms with van der Waals surface area (Å²) in [7, 11) is 3.21. The number of unbranched alkanes of at least 4 members (excludes halogenated alkanes) is 1. The van der Waals surface area contributed by atoms with E-state index >= 15 is 0 Å². The van der Waals surface area contributed by atoms with Crippen molar-refractivity contribution < 1.29 is 19.1 Å². The first-order chi connectivity index (χ1) is 13.4. The van der Waals surface area contributed by atoms with Gasteiger partial charge in [-0.2, -0.15) is 0 Å². The minimum Gasteiger partial charge on any atom is -0.497 e. The highest BCUT2D eigenvalue weighted by Gasteiger charge is 2.41. The van der Waals surface area contributed by atoms with Gasteiger partial charge in [-0.25, -0.2) is 4.79 Å². The van der Waals surface area contributed by atoms with Crippen LogP contribution in [0.5, 0.6) is 11.5 Å². The van der Waals surface area contributed by atoms with Crippen LogP contribution in [-0.4, -0.2) is 56.7 Å². The molecule has 0 spiro atoms. The molecule has 2 unspecified atom stereocenters. The lowest BCUT2D eigenvalue weighted by Gasteiger charge is -2.21. The van der Waals surface area contributed by atoms with Gasteiger partial charge in [-0.05, 0) is 26.3 Å². The summed E-state index contributed by atoms with van der Waals surface area (Å²) in [6.45, 7) is 7.44. The van der Waals surface area contributed by atoms with E-state index in [1.54, 1.807) is 19.1 Å². The Labute approximate surface area is 167 Å². The van der Waals surface area contributed by atoms with Crippen LogP contribution in [-0.2, 0) is 4.79 Å². The lowest BCUT2D eigenvalue weighted by Crippen LogP contribution is -2.42. The summed E-state index contributed by atoms with van der Waals surface area (Å²) >= 11 is 0. The fourth-order valence-electron chi connectivity index (χ4n) is 3.53. The molecule has 0 radical (unpaired) electrons. The maximum atomic E-state index is 12.9. The SMILES string of the molecule is CCCCNC(=O)C1CN(C(=O)NC(C)C)CC1c1ccc(OC)cc1OC. The molecule has 1 aromatic rings. The number of nitrogens with one attached hydrogen (secondary N) is 2. The van der Waals surface area contributed by atoms with Crippen molar-refractivity contribution >= 4 is 11.9 Å². The molecular weight excluding hydrogens is 358 g/mol. The minimum atomic E-state index is -0.322. The molecule has 1 fully saturated rings. The van der Waals surface area contributed by atoms with Gasteiger partial charge >= 0.3 is 6.03 Å². The second-order valence-electron chi connectivity index (χ2n) is 7.47. The zero-order valence-corrected chi connectivity index (χ0v) is 17.6. The van der Waals surface area contributed by atoms with E-state index in [1.807, 2.05) is 32.0 Å². The molecule has 1 aliphatic heterocycles. The molecule has 156 valence electrons. The highest BCUT2D eigenvalue weighted by molar-refractivity contribution is 5.83. The fourth-order valence-corrected chi connectivity index (χ4v) is 3.53. The molecule has 0 bridgehead atoms. The summed E-state index contributed by atoms with van der Waals surface area (Å²) in [5.74, 6) is 0.882. The number of benzene rings is 1. The van der Waals surface area contributed by atoms with Crippen LogP contribution in [0, 0.1) is 5.92 Å². The molecule has 1 saturated heterocycles. The molecular formula is C21H33N3O4. The number of urea groups is 1. The van der Waals surface area contributed by atoms with Crippen LogP contribution in [0.15, 0.2) is 18.2 Å². The molecule has 7 heteroatoms. The average Bonchev–Trinajstić information content (AvgIpc) is 3.12. The molecule has 0 saturated carbocycles. The normalized spacial score (nSPS) is 18.9. The summed E-state index contributed by atoms with van der Waals surface area (Å²) in [5.41, 5.74) is 0.916. The summed E-state index contributed by atoms with van der Waals surface area (Å²) in [6, 6.07) is 5.51. The van der Waals surface area contributed by atoms with E-state index < -0.39 is 0 Å². The van der Waals surface area contributed by atoms with Crippen LogP contribution in [0.25, 0.3) is 0 Å². The average molecular weight is 392 g/mol. The van der Waals surface area contributed by atoms with Gasteiger partial charge in [-0.3, -0.25) is 4.79 Å².